The SMILES string of the molecule is COc1cccc([C@H]2O[C@H](CC(=O)Nc3ccc(C)c(CCC(=O)O)c3)C(=O)N(CC(C)(C)CO)c3ccc(Cl)cc32)c1OC.[Ac]. The van der Waals surface area contributed by atoms with Crippen LogP contribution in [0.3, 0.4) is 0 Å². The number of rotatable bonds is 12. The molecule has 0 aliphatic carbocycles. The van der Waals surface area contributed by atoms with E-state index in [1.807, 2.05) is 26.8 Å². The van der Waals surface area contributed by atoms with Gasteiger partial charge in [-0.25, -0.2) is 0 Å². The number of halogens is 1. The van der Waals surface area contributed by atoms with Crippen molar-refractivity contribution in [3.8, 4) is 11.5 Å². The number of hydrogen-bond donors (Lipinski definition) is 3. The average molecular weight is 866 g/mol. The van der Waals surface area contributed by atoms with E-state index in [2.05, 4.69) is 5.32 Å². The van der Waals surface area contributed by atoms with Gasteiger partial charge in [0.25, 0.3) is 5.91 Å². The number of benzene rings is 3. The van der Waals surface area contributed by atoms with E-state index in [0.717, 1.165) is 11.1 Å². The Morgan fingerprint density at radius 1 is 1.07 bits per heavy atom. The van der Waals surface area contributed by atoms with E-state index < -0.39 is 35.4 Å². The molecule has 2 amide bonds. The summed E-state index contributed by atoms with van der Waals surface area (Å²) in [4.78, 5) is 40.4. The van der Waals surface area contributed by atoms with Crippen molar-refractivity contribution in [3.63, 3.8) is 0 Å². The standard InChI is InChI=1S/C34H39ClN2O8.Ac/c1-20-9-12-23(15-21(20)10-14-30(40)41)36-29(39)17-28-33(42)37(18-34(2,3)19-38)26-13-11-22(35)16-25(26)31(45-28)24-7-6-8-27(43-4)32(24)44-5;/h6-9,11-13,15-16,28,31,38H,10,14,17-19H2,1-5H3,(H,36,39)(H,40,41);/t28-,31-;/m1./s1. The number of hydrogen-bond acceptors (Lipinski definition) is 7. The van der Waals surface area contributed by atoms with Crippen molar-refractivity contribution in [2.45, 2.75) is 52.2 Å². The number of carboxylic acids is 1. The van der Waals surface area contributed by atoms with E-state index in [9.17, 15) is 19.5 Å². The number of carbonyl (C=O) groups excluding carboxylic acids is 2. The molecule has 0 unspecified atom stereocenters. The summed E-state index contributed by atoms with van der Waals surface area (Å²) in [6.45, 7) is 5.51. The van der Waals surface area contributed by atoms with Gasteiger partial charge in [0.1, 0.15) is 12.2 Å². The van der Waals surface area contributed by atoms with Crippen LogP contribution in [0.1, 0.15) is 55.0 Å². The summed E-state index contributed by atoms with van der Waals surface area (Å²) in [6.07, 6.45) is -2.16. The average Bonchev–Trinajstić information content (AvgIpc) is 3.10. The van der Waals surface area contributed by atoms with Crippen LogP contribution < -0.4 is 19.7 Å². The smallest absolute Gasteiger partial charge is 0.303 e. The predicted molar refractivity (Wildman–Crippen MR) is 171 cm³/mol. The molecular weight excluding hydrogens is 827 g/mol. The second-order valence-corrected chi connectivity index (χ2v) is 12.3. The Kier molecular flexibility index (Phi) is 13.5. The molecule has 0 saturated heterocycles. The zero-order chi connectivity index (χ0) is 32.9. The maximum absolute atomic E-state index is 14.3. The summed E-state index contributed by atoms with van der Waals surface area (Å²) in [6, 6.07) is 15.7. The van der Waals surface area contributed by atoms with E-state index in [1.54, 1.807) is 53.4 Å². The summed E-state index contributed by atoms with van der Waals surface area (Å²) in [5.74, 6) is -0.965. The molecule has 10 nitrogen and oxygen atoms in total. The number of carbonyl (C=O) groups is 3. The molecule has 4 rings (SSSR count). The van der Waals surface area contributed by atoms with E-state index in [1.165, 1.54) is 14.2 Å². The predicted octanol–water partition coefficient (Wildman–Crippen LogP) is 5.55. The van der Waals surface area contributed by atoms with Crippen LogP contribution in [0.2, 0.25) is 5.02 Å². The molecule has 243 valence electrons. The summed E-state index contributed by atoms with van der Waals surface area (Å²) in [5, 5.41) is 22.5. The number of nitrogens with zero attached hydrogens (tertiary/aromatic N) is 1. The number of methoxy groups -OCH3 is 2. The van der Waals surface area contributed by atoms with Crippen LogP contribution in [0, 0.1) is 56.4 Å². The number of ether oxygens (including phenoxy) is 3. The van der Waals surface area contributed by atoms with Crippen LogP contribution in [0.15, 0.2) is 54.6 Å². The largest absolute Gasteiger partial charge is 0.493 e. The van der Waals surface area contributed by atoms with Crippen molar-refractivity contribution >= 4 is 40.8 Å². The third-order valence-corrected chi connectivity index (χ3v) is 7.98. The zero-order valence-electron chi connectivity index (χ0n) is 26.6. The molecule has 0 fully saturated rings. The van der Waals surface area contributed by atoms with Gasteiger partial charge < -0.3 is 34.6 Å². The van der Waals surface area contributed by atoms with Gasteiger partial charge in [0.05, 0.1) is 20.6 Å². The van der Waals surface area contributed by atoms with Crippen LogP contribution in [-0.4, -0.2) is 61.5 Å². The molecule has 1 heterocycles. The van der Waals surface area contributed by atoms with Crippen molar-refractivity contribution < 1.29 is 82.9 Å². The van der Waals surface area contributed by atoms with E-state index >= 15 is 0 Å². The van der Waals surface area contributed by atoms with Gasteiger partial charge in [-0.15, -0.1) is 0 Å². The molecule has 2 atom stereocenters. The first kappa shape index (κ1) is 37.8. The minimum absolute atomic E-state index is 0. The molecule has 0 spiro atoms. The van der Waals surface area contributed by atoms with Gasteiger partial charge in [-0.3, -0.25) is 14.4 Å². The summed E-state index contributed by atoms with van der Waals surface area (Å²) in [5.41, 5.74) is 3.19. The Bertz CT molecular complexity index is 1580. The van der Waals surface area contributed by atoms with Crippen LogP contribution in [0.4, 0.5) is 11.4 Å². The van der Waals surface area contributed by atoms with E-state index in [0.29, 0.717) is 45.4 Å². The van der Waals surface area contributed by atoms with Gasteiger partial charge >= 0.3 is 5.97 Å². The summed E-state index contributed by atoms with van der Waals surface area (Å²) < 4.78 is 17.8. The summed E-state index contributed by atoms with van der Waals surface area (Å²) in [7, 11) is 3.03. The number of aliphatic hydroxyl groups is 1. The zero-order valence-corrected chi connectivity index (χ0v) is 32.1. The first-order valence-corrected chi connectivity index (χ1v) is 14.9. The molecular formula is C34H39AcClN2O8. The second kappa shape index (κ2) is 16.4. The fourth-order valence-corrected chi connectivity index (χ4v) is 5.53. The van der Waals surface area contributed by atoms with Crippen molar-refractivity contribution in [2.75, 3.05) is 37.6 Å². The minimum Gasteiger partial charge on any atom is -0.493 e. The number of aryl methyl sites for hydroxylation is 2. The van der Waals surface area contributed by atoms with Gasteiger partial charge in [-0.05, 0) is 60.9 Å². The number of para-hydroxylation sites is 1. The number of carboxylic acid groups (broad SMARTS) is 1. The molecule has 0 bridgehead atoms. The van der Waals surface area contributed by atoms with Crippen LogP contribution in [0.5, 0.6) is 11.5 Å². The Morgan fingerprint density at radius 3 is 2.46 bits per heavy atom. The summed E-state index contributed by atoms with van der Waals surface area (Å²) >= 11 is 6.48. The van der Waals surface area contributed by atoms with Gasteiger partial charge in [0, 0.05) is 96.6 Å². The molecule has 46 heavy (non-hydrogen) atoms. The fraction of sp³-hybridized carbons (Fsp3) is 0.382. The Balaban J connectivity index is 0.00000576. The van der Waals surface area contributed by atoms with Crippen LogP contribution in [-0.2, 0) is 25.5 Å². The van der Waals surface area contributed by atoms with Gasteiger partial charge in [0.15, 0.2) is 11.5 Å². The quantitative estimate of drug-likeness (QED) is 0.216. The third-order valence-electron chi connectivity index (χ3n) is 7.75. The Morgan fingerprint density at radius 2 is 1.80 bits per heavy atom. The molecule has 0 saturated carbocycles. The van der Waals surface area contributed by atoms with Crippen molar-refractivity contribution in [1.29, 1.82) is 0 Å². The molecule has 3 N–H and O–H groups in total. The van der Waals surface area contributed by atoms with Gasteiger partial charge in [-0.2, -0.15) is 0 Å². The molecule has 1 aliphatic heterocycles. The maximum atomic E-state index is 14.3. The number of nitrogens with one attached hydrogen (secondary N) is 1. The molecule has 3 aromatic rings. The van der Waals surface area contributed by atoms with E-state index in [4.69, 9.17) is 30.9 Å². The van der Waals surface area contributed by atoms with E-state index in [-0.39, 0.29) is 70.1 Å². The maximum Gasteiger partial charge on any atom is 0.303 e. The Hall–Kier alpha value is -2.68. The number of fused-ring (bicyclic) bond motifs is 1. The number of aliphatic carboxylic acids is 1. The van der Waals surface area contributed by atoms with Crippen LogP contribution >= 0.6 is 11.6 Å². The third kappa shape index (κ3) is 9.02. The monoisotopic (exact) mass is 865 g/mol. The van der Waals surface area contributed by atoms with Gasteiger partial charge in [-0.1, -0.05) is 43.6 Å². The first-order chi connectivity index (χ1) is 21.4. The first-order valence-electron chi connectivity index (χ1n) is 14.6. The normalized spacial score (nSPS) is 16.2. The van der Waals surface area contributed by atoms with Crippen molar-refractivity contribution in [2.24, 2.45) is 5.41 Å². The topological polar surface area (TPSA) is 135 Å². The molecule has 1 radical (unpaired) electrons. The number of anilines is 2. The number of aliphatic hydroxyl groups excluding tert-OH is 1. The number of amides is 2. The molecule has 3 aromatic carbocycles. The Labute approximate surface area is 309 Å². The van der Waals surface area contributed by atoms with Crippen LogP contribution in [0.25, 0.3) is 0 Å². The molecule has 0 aromatic heterocycles. The van der Waals surface area contributed by atoms with Crippen molar-refractivity contribution in [1.82, 2.24) is 0 Å². The minimum atomic E-state index is -1.23. The molecule has 12 heteroatoms. The fourth-order valence-electron chi connectivity index (χ4n) is 5.35. The second-order valence-electron chi connectivity index (χ2n) is 11.8. The molecule has 1 aliphatic rings. The van der Waals surface area contributed by atoms with Gasteiger partial charge in [0.2, 0.25) is 5.91 Å². The van der Waals surface area contributed by atoms with Crippen molar-refractivity contribution in [3.05, 3.63) is 81.9 Å².